The van der Waals surface area contributed by atoms with Crippen LogP contribution in [0, 0.1) is 10.1 Å². The fraction of sp³-hybridized carbons (Fsp3) is 0.273. The van der Waals surface area contributed by atoms with Crippen LogP contribution in [0.25, 0.3) is 0 Å². The van der Waals surface area contributed by atoms with E-state index in [1.165, 1.54) is 25.1 Å². The van der Waals surface area contributed by atoms with Crippen molar-refractivity contribution in [3.63, 3.8) is 0 Å². The van der Waals surface area contributed by atoms with E-state index in [0.29, 0.717) is 0 Å². The van der Waals surface area contributed by atoms with Crippen molar-refractivity contribution < 1.29 is 19.2 Å². The first-order valence-corrected chi connectivity index (χ1v) is 5.19. The Morgan fingerprint density at radius 2 is 2.11 bits per heavy atom. The number of carbonyl (C=O) groups excluding carboxylic acids is 2. The largest absolute Gasteiger partial charge is 0.462 e. The van der Waals surface area contributed by atoms with Gasteiger partial charge in [-0.25, -0.2) is 4.79 Å². The molecule has 0 aromatic heterocycles. The third-order valence-corrected chi connectivity index (χ3v) is 2.04. The normalized spacial score (nSPS) is 9.67. The Kier molecular flexibility index (Phi) is 4.36. The van der Waals surface area contributed by atoms with Gasteiger partial charge in [0.15, 0.2) is 0 Å². The molecule has 0 aliphatic carbocycles. The molecule has 0 spiro atoms. The Balaban J connectivity index is 3.31. The highest BCUT2D eigenvalue weighted by Gasteiger charge is 2.23. The predicted molar refractivity (Wildman–Crippen MR) is 63.4 cm³/mol. The minimum absolute atomic E-state index is 0.0405. The van der Waals surface area contributed by atoms with Crippen LogP contribution >= 0.6 is 0 Å². The lowest BCUT2D eigenvalue weighted by Crippen LogP contribution is -2.14. The summed E-state index contributed by atoms with van der Waals surface area (Å²) in [6.07, 6.45) is 0. The lowest BCUT2D eigenvalue weighted by molar-refractivity contribution is -0.384. The van der Waals surface area contributed by atoms with Crippen molar-refractivity contribution in [3.05, 3.63) is 33.9 Å². The van der Waals surface area contributed by atoms with Crippen LogP contribution in [0.3, 0.4) is 0 Å². The SMILES string of the molecule is CCOC(=O)c1cccc([N+](=O)[O-])c1NC(C)=O. The molecule has 1 N–H and O–H groups in total. The monoisotopic (exact) mass is 252 g/mol. The fourth-order valence-electron chi connectivity index (χ4n) is 1.38. The maximum atomic E-state index is 11.6. The van der Waals surface area contributed by atoms with Crippen LogP contribution in [0.5, 0.6) is 0 Å². The fourth-order valence-corrected chi connectivity index (χ4v) is 1.38. The molecule has 7 nitrogen and oxygen atoms in total. The second-order valence-corrected chi connectivity index (χ2v) is 3.36. The summed E-state index contributed by atoms with van der Waals surface area (Å²) in [7, 11) is 0. The molecule has 0 saturated carbocycles. The zero-order valence-corrected chi connectivity index (χ0v) is 9.93. The molecule has 1 amide bonds. The van der Waals surface area contributed by atoms with Crippen molar-refractivity contribution in [2.45, 2.75) is 13.8 Å². The highest BCUT2D eigenvalue weighted by molar-refractivity contribution is 6.03. The number of amides is 1. The van der Waals surface area contributed by atoms with Gasteiger partial charge in [0.2, 0.25) is 5.91 Å². The third kappa shape index (κ3) is 3.03. The molecule has 18 heavy (non-hydrogen) atoms. The molecule has 0 atom stereocenters. The molecule has 1 aromatic carbocycles. The van der Waals surface area contributed by atoms with Crippen molar-refractivity contribution >= 4 is 23.3 Å². The zero-order valence-electron chi connectivity index (χ0n) is 9.93. The maximum absolute atomic E-state index is 11.6. The number of nitrogens with one attached hydrogen (secondary N) is 1. The third-order valence-electron chi connectivity index (χ3n) is 2.04. The van der Waals surface area contributed by atoms with Crippen molar-refractivity contribution in [1.82, 2.24) is 0 Å². The summed E-state index contributed by atoms with van der Waals surface area (Å²) in [5.74, 6) is -1.22. The smallest absolute Gasteiger partial charge is 0.340 e. The van der Waals surface area contributed by atoms with Crippen molar-refractivity contribution in [3.8, 4) is 0 Å². The van der Waals surface area contributed by atoms with Gasteiger partial charge in [-0.05, 0) is 13.0 Å². The molecule has 0 fully saturated rings. The summed E-state index contributed by atoms with van der Waals surface area (Å²) in [6, 6.07) is 3.92. The number of carbonyl (C=O) groups is 2. The van der Waals surface area contributed by atoms with E-state index in [1.54, 1.807) is 6.92 Å². The minimum atomic E-state index is -0.718. The Morgan fingerprint density at radius 3 is 2.61 bits per heavy atom. The van der Waals surface area contributed by atoms with Crippen LogP contribution < -0.4 is 5.32 Å². The number of hydrogen-bond acceptors (Lipinski definition) is 5. The quantitative estimate of drug-likeness (QED) is 0.499. The van der Waals surface area contributed by atoms with Gasteiger partial charge in [-0.2, -0.15) is 0 Å². The molecule has 1 aromatic rings. The summed E-state index contributed by atoms with van der Waals surface area (Å²) in [5.41, 5.74) is -0.537. The molecule has 1 rings (SSSR count). The standard InChI is InChI=1S/C11H12N2O5/c1-3-18-11(15)8-5-4-6-9(13(16)17)10(8)12-7(2)14/h4-6H,3H2,1-2H3,(H,12,14). The zero-order chi connectivity index (χ0) is 13.7. The topological polar surface area (TPSA) is 98.5 Å². The number of nitrogens with zero attached hydrogens (tertiary/aromatic N) is 1. The van der Waals surface area contributed by atoms with Crippen LogP contribution in [-0.2, 0) is 9.53 Å². The number of hydrogen-bond donors (Lipinski definition) is 1. The van der Waals surface area contributed by atoms with Crippen LogP contribution in [-0.4, -0.2) is 23.4 Å². The molecule has 0 aliphatic heterocycles. The lowest BCUT2D eigenvalue weighted by Gasteiger charge is -2.09. The Labute approximate surface area is 103 Å². The summed E-state index contributed by atoms with van der Waals surface area (Å²) >= 11 is 0. The van der Waals surface area contributed by atoms with Crippen molar-refractivity contribution in [2.24, 2.45) is 0 Å². The molecular formula is C11H12N2O5. The molecular weight excluding hydrogens is 240 g/mol. The summed E-state index contributed by atoms with van der Waals surface area (Å²) in [6.45, 7) is 2.96. The second-order valence-electron chi connectivity index (χ2n) is 3.36. The summed E-state index contributed by atoms with van der Waals surface area (Å²) in [5, 5.41) is 13.1. The van der Waals surface area contributed by atoms with Crippen LogP contribution in [0.1, 0.15) is 24.2 Å². The highest BCUT2D eigenvalue weighted by atomic mass is 16.6. The predicted octanol–water partition coefficient (Wildman–Crippen LogP) is 1.73. The molecule has 0 radical (unpaired) electrons. The molecule has 0 aliphatic rings. The molecule has 0 bridgehead atoms. The van der Waals surface area contributed by atoms with Gasteiger partial charge in [-0.1, -0.05) is 6.07 Å². The number of benzene rings is 1. The van der Waals surface area contributed by atoms with Gasteiger partial charge in [-0.15, -0.1) is 0 Å². The van der Waals surface area contributed by atoms with Gasteiger partial charge >= 0.3 is 5.97 Å². The Bertz CT molecular complexity index is 498. The van der Waals surface area contributed by atoms with E-state index in [4.69, 9.17) is 4.74 Å². The van der Waals surface area contributed by atoms with E-state index in [9.17, 15) is 19.7 Å². The van der Waals surface area contributed by atoms with E-state index in [-0.39, 0.29) is 23.5 Å². The maximum Gasteiger partial charge on any atom is 0.340 e. The van der Waals surface area contributed by atoms with Crippen molar-refractivity contribution in [2.75, 3.05) is 11.9 Å². The van der Waals surface area contributed by atoms with Gasteiger partial charge in [-0.3, -0.25) is 14.9 Å². The van der Waals surface area contributed by atoms with E-state index in [2.05, 4.69) is 5.32 Å². The Morgan fingerprint density at radius 1 is 1.44 bits per heavy atom. The first-order chi connectivity index (χ1) is 8.47. The van der Waals surface area contributed by atoms with E-state index < -0.39 is 16.8 Å². The van der Waals surface area contributed by atoms with Gasteiger partial charge in [0, 0.05) is 13.0 Å². The molecule has 0 saturated heterocycles. The minimum Gasteiger partial charge on any atom is -0.462 e. The molecule has 7 heteroatoms. The second kappa shape index (κ2) is 5.76. The Hall–Kier alpha value is -2.44. The summed E-state index contributed by atoms with van der Waals surface area (Å²) in [4.78, 5) is 32.8. The van der Waals surface area contributed by atoms with Crippen molar-refractivity contribution in [1.29, 1.82) is 0 Å². The van der Waals surface area contributed by atoms with E-state index in [1.807, 2.05) is 0 Å². The first-order valence-electron chi connectivity index (χ1n) is 5.19. The summed E-state index contributed by atoms with van der Waals surface area (Å²) < 4.78 is 4.77. The number of rotatable bonds is 4. The van der Waals surface area contributed by atoms with Gasteiger partial charge < -0.3 is 10.1 Å². The lowest BCUT2D eigenvalue weighted by atomic mass is 10.1. The van der Waals surface area contributed by atoms with E-state index in [0.717, 1.165) is 0 Å². The number of anilines is 1. The highest BCUT2D eigenvalue weighted by Crippen LogP contribution is 2.28. The number of para-hydroxylation sites is 1. The molecule has 0 heterocycles. The van der Waals surface area contributed by atoms with Gasteiger partial charge in [0.05, 0.1) is 17.1 Å². The van der Waals surface area contributed by atoms with E-state index >= 15 is 0 Å². The first kappa shape index (κ1) is 13.6. The number of nitro benzene ring substituents is 1. The molecule has 0 unspecified atom stereocenters. The number of nitro groups is 1. The van der Waals surface area contributed by atoms with Crippen LogP contribution in [0.2, 0.25) is 0 Å². The van der Waals surface area contributed by atoms with Gasteiger partial charge in [0.25, 0.3) is 5.69 Å². The van der Waals surface area contributed by atoms with Crippen LogP contribution in [0.15, 0.2) is 18.2 Å². The number of esters is 1. The average molecular weight is 252 g/mol. The average Bonchev–Trinajstić information content (AvgIpc) is 2.28. The van der Waals surface area contributed by atoms with Crippen LogP contribution in [0.4, 0.5) is 11.4 Å². The van der Waals surface area contributed by atoms with Gasteiger partial charge in [0.1, 0.15) is 5.69 Å². The molecule has 96 valence electrons. The number of ether oxygens (including phenoxy) is 1.